The van der Waals surface area contributed by atoms with E-state index in [1.54, 1.807) is 0 Å². The highest BCUT2D eigenvalue weighted by atomic mass is 79.9. The molecule has 0 saturated heterocycles. The molecule has 1 aromatic rings. The third kappa shape index (κ3) is 2.67. The molecule has 1 saturated carbocycles. The zero-order valence-electron chi connectivity index (χ0n) is 9.01. The maximum Gasteiger partial charge on any atom is 0.144 e. The third-order valence-electron chi connectivity index (χ3n) is 2.53. The Kier molecular flexibility index (Phi) is 3.26. The number of nitrogens with one attached hydrogen (secondary N) is 1. The molecule has 0 aliphatic heterocycles. The summed E-state index contributed by atoms with van der Waals surface area (Å²) in [4.78, 5) is 7.82. The van der Waals surface area contributed by atoms with Crippen molar-refractivity contribution in [1.82, 2.24) is 9.97 Å². The number of hydrogen-bond donors (Lipinski definition) is 1. The number of H-pyrrole nitrogens is 1. The van der Waals surface area contributed by atoms with Crippen LogP contribution in [0.5, 0.6) is 0 Å². The summed E-state index contributed by atoms with van der Waals surface area (Å²) in [6.07, 6.45) is 3.51. The van der Waals surface area contributed by atoms with Crippen LogP contribution in [-0.2, 0) is 6.42 Å². The molecule has 1 fully saturated rings. The predicted octanol–water partition coefficient (Wildman–Crippen LogP) is 3.98. The lowest BCUT2D eigenvalue weighted by Crippen LogP contribution is -2.04. The van der Waals surface area contributed by atoms with Gasteiger partial charge in [0.25, 0.3) is 0 Å². The van der Waals surface area contributed by atoms with E-state index in [-0.39, 0.29) is 0 Å². The standard InChI is InChI=1S/C11H15BrN2S/c1-6(2)5-8-13-10(7-3-4-7)9(12)11(15)14-8/h6-7H,3-5H2,1-2H3,(H,13,14,15). The average Bonchev–Trinajstić information content (AvgIpc) is 2.93. The number of rotatable bonds is 3. The van der Waals surface area contributed by atoms with Crippen molar-refractivity contribution in [3.05, 3.63) is 20.6 Å². The molecular weight excluding hydrogens is 272 g/mol. The van der Waals surface area contributed by atoms with Crippen LogP contribution >= 0.6 is 28.1 Å². The van der Waals surface area contributed by atoms with Crippen LogP contribution in [0.2, 0.25) is 0 Å². The van der Waals surface area contributed by atoms with Gasteiger partial charge in [0.1, 0.15) is 10.5 Å². The van der Waals surface area contributed by atoms with Gasteiger partial charge in [-0.05, 0) is 34.7 Å². The molecule has 4 heteroatoms. The molecular formula is C11H15BrN2S. The van der Waals surface area contributed by atoms with E-state index in [1.165, 1.54) is 18.5 Å². The lowest BCUT2D eigenvalue weighted by Gasteiger charge is -2.09. The number of aromatic amines is 1. The van der Waals surface area contributed by atoms with Crippen molar-refractivity contribution in [1.29, 1.82) is 0 Å². The fourth-order valence-electron chi connectivity index (χ4n) is 1.66. The summed E-state index contributed by atoms with van der Waals surface area (Å²) in [5.41, 5.74) is 1.26. The maximum atomic E-state index is 5.25. The summed E-state index contributed by atoms with van der Waals surface area (Å²) in [6.45, 7) is 4.38. The molecule has 82 valence electrons. The molecule has 0 radical (unpaired) electrons. The normalized spacial score (nSPS) is 16.0. The van der Waals surface area contributed by atoms with Crippen molar-refractivity contribution >= 4 is 28.1 Å². The topological polar surface area (TPSA) is 28.7 Å². The first-order valence-electron chi connectivity index (χ1n) is 5.36. The first-order valence-corrected chi connectivity index (χ1v) is 6.56. The second kappa shape index (κ2) is 4.34. The number of aromatic nitrogens is 2. The fourth-order valence-corrected chi connectivity index (χ4v) is 2.39. The highest BCUT2D eigenvalue weighted by Crippen LogP contribution is 2.42. The van der Waals surface area contributed by atoms with Gasteiger partial charge in [-0.2, -0.15) is 0 Å². The Morgan fingerprint density at radius 3 is 2.73 bits per heavy atom. The second-order valence-electron chi connectivity index (χ2n) is 4.59. The van der Waals surface area contributed by atoms with Gasteiger partial charge in [0, 0.05) is 18.0 Å². The van der Waals surface area contributed by atoms with E-state index in [2.05, 4.69) is 39.7 Å². The zero-order valence-corrected chi connectivity index (χ0v) is 11.4. The molecule has 1 N–H and O–H groups in total. The lowest BCUT2D eigenvalue weighted by molar-refractivity contribution is 0.615. The van der Waals surface area contributed by atoms with E-state index in [4.69, 9.17) is 12.2 Å². The molecule has 0 unspecified atom stereocenters. The van der Waals surface area contributed by atoms with E-state index >= 15 is 0 Å². The molecule has 15 heavy (non-hydrogen) atoms. The van der Waals surface area contributed by atoms with Crippen LogP contribution < -0.4 is 0 Å². The van der Waals surface area contributed by atoms with Crippen LogP contribution in [-0.4, -0.2) is 9.97 Å². The lowest BCUT2D eigenvalue weighted by atomic mass is 10.1. The van der Waals surface area contributed by atoms with Crippen LogP contribution in [0.25, 0.3) is 0 Å². The average molecular weight is 287 g/mol. The van der Waals surface area contributed by atoms with Gasteiger partial charge in [0.2, 0.25) is 0 Å². The molecule has 1 heterocycles. The van der Waals surface area contributed by atoms with Gasteiger partial charge in [0.15, 0.2) is 0 Å². The first-order chi connectivity index (χ1) is 7.08. The molecule has 2 rings (SSSR count). The van der Waals surface area contributed by atoms with Gasteiger partial charge in [-0.25, -0.2) is 4.98 Å². The first kappa shape index (κ1) is 11.3. The Hall–Kier alpha value is -0.220. The number of nitrogens with zero attached hydrogens (tertiary/aromatic N) is 1. The number of halogens is 1. The minimum atomic E-state index is 0.608. The largest absolute Gasteiger partial charge is 0.346 e. The molecule has 0 bridgehead atoms. The minimum Gasteiger partial charge on any atom is -0.346 e. The van der Waals surface area contributed by atoms with Crippen LogP contribution in [0.4, 0.5) is 0 Å². The molecule has 0 aromatic carbocycles. The maximum absolute atomic E-state index is 5.25. The molecule has 1 aliphatic carbocycles. The monoisotopic (exact) mass is 286 g/mol. The zero-order chi connectivity index (χ0) is 11.0. The highest BCUT2D eigenvalue weighted by Gasteiger charge is 2.27. The van der Waals surface area contributed by atoms with Crippen LogP contribution in [0.3, 0.4) is 0 Å². The van der Waals surface area contributed by atoms with Crippen molar-refractivity contribution in [2.75, 3.05) is 0 Å². The van der Waals surface area contributed by atoms with E-state index < -0.39 is 0 Å². The van der Waals surface area contributed by atoms with Crippen molar-refractivity contribution in [2.45, 2.75) is 39.0 Å². The van der Waals surface area contributed by atoms with Crippen LogP contribution in [0.1, 0.15) is 44.1 Å². The van der Waals surface area contributed by atoms with Gasteiger partial charge in [-0.15, -0.1) is 0 Å². The van der Waals surface area contributed by atoms with E-state index in [9.17, 15) is 0 Å². The third-order valence-corrected chi connectivity index (χ3v) is 3.89. The summed E-state index contributed by atoms with van der Waals surface area (Å²) < 4.78 is 1.69. The fraction of sp³-hybridized carbons (Fsp3) is 0.636. The van der Waals surface area contributed by atoms with Crippen LogP contribution in [0, 0.1) is 10.6 Å². The van der Waals surface area contributed by atoms with Gasteiger partial charge in [0.05, 0.1) is 4.47 Å². The van der Waals surface area contributed by atoms with Gasteiger partial charge >= 0.3 is 0 Å². The molecule has 2 nitrogen and oxygen atoms in total. The Bertz CT molecular complexity index is 421. The Morgan fingerprint density at radius 2 is 2.20 bits per heavy atom. The molecule has 0 amide bonds. The minimum absolute atomic E-state index is 0.608. The summed E-state index contributed by atoms with van der Waals surface area (Å²) in [5, 5.41) is 0. The van der Waals surface area contributed by atoms with E-state index in [0.717, 1.165) is 16.7 Å². The van der Waals surface area contributed by atoms with Gasteiger partial charge in [-0.1, -0.05) is 26.1 Å². The van der Waals surface area contributed by atoms with Crippen molar-refractivity contribution in [3.8, 4) is 0 Å². The van der Waals surface area contributed by atoms with E-state index in [0.29, 0.717) is 16.5 Å². The molecule has 1 aliphatic rings. The smallest absolute Gasteiger partial charge is 0.144 e. The van der Waals surface area contributed by atoms with Gasteiger partial charge < -0.3 is 4.98 Å². The summed E-state index contributed by atoms with van der Waals surface area (Å²) in [6, 6.07) is 0. The predicted molar refractivity (Wildman–Crippen MR) is 67.6 cm³/mol. The SMILES string of the molecule is CC(C)Cc1nc(=S)c(Br)c(C2CC2)[nH]1. The van der Waals surface area contributed by atoms with Crippen molar-refractivity contribution < 1.29 is 0 Å². The van der Waals surface area contributed by atoms with Crippen molar-refractivity contribution in [3.63, 3.8) is 0 Å². The Morgan fingerprint density at radius 1 is 1.53 bits per heavy atom. The summed E-state index contributed by atoms with van der Waals surface area (Å²) >= 11 is 8.77. The molecule has 1 aromatic heterocycles. The Balaban J connectivity index is 2.37. The van der Waals surface area contributed by atoms with Crippen molar-refractivity contribution in [2.24, 2.45) is 5.92 Å². The highest BCUT2D eigenvalue weighted by molar-refractivity contribution is 9.10. The molecule has 0 atom stereocenters. The summed E-state index contributed by atoms with van der Waals surface area (Å²) in [7, 11) is 0. The Labute approximate surface area is 104 Å². The second-order valence-corrected chi connectivity index (χ2v) is 5.77. The molecule has 0 spiro atoms. The van der Waals surface area contributed by atoms with E-state index in [1.807, 2.05) is 0 Å². The van der Waals surface area contributed by atoms with Crippen LogP contribution in [0.15, 0.2) is 4.47 Å². The van der Waals surface area contributed by atoms with Gasteiger partial charge in [-0.3, -0.25) is 0 Å². The quantitative estimate of drug-likeness (QED) is 0.852. The number of hydrogen-bond acceptors (Lipinski definition) is 2. The summed E-state index contributed by atoms with van der Waals surface area (Å²) in [5.74, 6) is 2.31.